The van der Waals surface area contributed by atoms with Crippen LogP contribution in [0.1, 0.15) is 66.6 Å². The van der Waals surface area contributed by atoms with Crippen molar-refractivity contribution in [3.05, 3.63) is 88.2 Å². The second-order valence-corrected chi connectivity index (χ2v) is 13.1. The highest BCUT2D eigenvalue weighted by Crippen LogP contribution is 2.60. The molecule has 4 bridgehead atoms. The summed E-state index contributed by atoms with van der Waals surface area (Å²) in [6.45, 7) is 6.07. The van der Waals surface area contributed by atoms with Crippen LogP contribution in [0.15, 0.2) is 60.2 Å². The Bertz CT molecular complexity index is 1560. The molecule has 2 amide bonds. The third-order valence-electron chi connectivity index (χ3n) is 9.91. The van der Waals surface area contributed by atoms with Gasteiger partial charge in [-0.1, -0.05) is 24.3 Å². The normalized spacial score (nSPS) is 28.5. The monoisotopic (exact) mass is 549 g/mol. The summed E-state index contributed by atoms with van der Waals surface area (Å²) < 4.78 is 2.21. The van der Waals surface area contributed by atoms with E-state index in [2.05, 4.69) is 41.1 Å². The van der Waals surface area contributed by atoms with Gasteiger partial charge in [0.15, 0.2) is 5.11 Å². The molecule has 0 atom stereocenters. The van der Waals surface area contributed by atoms with E-state index in [9.17, 15) is 9.59 Å². The lowest BCUT2D eigenvalue weighted by Crippen LogP contribution is -2.54. The molecule has 3 aromatic rings. The molecule has 2 aromatic carbocycles. The van der Waals surface area contributed by atoms with E-state index in [1.54, 1.807) is 6.08 Å². The molecule has 5 aliphatic rings. The fraction of sp³-hybridized carbons (Fsp3) is 0.382. The van der Waals surface area contributed by atoms with Gasteiger partial charge in [-0.25, -0.2) is 0 Å². The second-order valence-electron chi connectivity index (χ2n) is 12.7. The van der Waals surface area contributed by atoms with Crippen molar-refractivity contribution >= 4 is 40.9 Å². The summed E-state index contributed by atoms with van der Waals surface area (Å²) in [4.78, 5) is 27.9. The highest BCUT2D eigenvalue weighted by atomic mass is 32.1. The minimum atomic E-state index is -0.469. The molecule has 0 unspecified atom stereocenters. The SMILES string of the molecule is Cc1cccc(N2C(=O)/C(=C/c3cc(C)n(-c4ccc(C56CC7CC(CC(C7)C5)C6)cc4)c3C)C(=O)NC2=S)c1. The van der Waals surface area contributed by atoms with Crippen molar-refractivity contribution in [3.8, 4) is 5.69 Å². The van der Waals surface area contributed by atoms with Gasteiger partial charge in [0.25, 0.3) is 11.8 Å². The zero-order chi connectivity index (χ0) is 27.8. The van der Waals surface area contributed by atoms with Gasteiger partial charge in [0.2, 0.25) is 0 Å². The van der Waals surface area contributed by atoms with Crippen molar-refractivity contribution in [2.75, 3.05) is 4.90 Å². The Morgan fingerprint density at radius 3 is 2.15 bits per heavy atom. The third-order valence-corrected chi connectivity index (χ3v) is 10.2. The number of thiocarbonyl (C=S) groups is 1. The Morgan fingerprint density at radius 2 is 1.52 bits per heavy atom. The van der Waals surface area contributed by atoms with Crippen LogP contribution < -0.4 is 10.2 Å². The zero-order valence-electron chi connectivity index (χ0n) is 23.4. The van der Waals surface area contributed by atoms with Gasteiger partial charge >= 0.3 is 0 Å². The van der Waals surface area contributed by atoms with Crippen LogP contribution in [0.4, 0.5) is 5.69 Å². The topological polar surface area (TPSA) is 54.3 Å². The highest BCUT2D eigenvalue weighted by molar-refractivity contribution is 7.80. The first-order valence-corrected chi connectivity index (χ1v) is 14.9. The van der Waals surface area contributed by atoms with Gasteiger partial charge in [0.05, 0.1) is 5.69 Å². The molecule has 0 spiro atoms. The minimum Gasteiger partial charge on any atom is -0.318 e. The van der Waals surface area contributed by atoms with E-state index >= 15 is 0 Å². The maximum Gasteiger partial charge on any atom is 0.270 e. The van der Waals surface area contributed by atoms with Crippen LogP contribution in [-0.2, 0) is 15.0 Å². The standard InChI is InChI=1S/C34H35N3O2S/c1-20-5-4-6-29(11-20)37-32(39)30(31(38)35-33(37)40)16-26-12-21(2)36(22(26)3)28-9-7-27(8-10-28)34-17-23-13-24(18-34)15-25(14-23)19-34/h4-12,16,23-25H,13-15,17-19H2,1-3H3,(H,35,38,40)/b30-16+. The Morgan fingerprint density at radius 1 is 0.875 bits per heavy atom. The van der Waals surface area contributed by atoms with Crippen LogP contribution >= 0.6 is 12.2 Å². The van der Waals surface area contributed by atoms with E-state index in [0.29, 0.717) is 11.1 Å². The molecule has 2 heterocycles. The van der Waals surface area contributed by atoms with Gasteiger partial charge in [-0.15, -0.1) is 0 Å². The number of hydrogen-bond acceptors (Lipinski definition) is 3. The highest BCUT2D eigenvalue weighted by Gasteiger charge is 2.51. The van der Waals surface area contributed by atoms with Crippen LogP contribution in [0, 0.1) is 38.5 Å². The van der Waals surface area contributed by atoms with Crippen LogP contribution in [0.2, 0.25) is 0 Å². The molecule has 5 fully saturated rings. The largest absolute Gasteiger partial charge is 0.318 e. The molecule has 1 aromatic heterocycles. The zero-order valence-corrected chi connectivity index (χ0v) is 24.2. The van der Waals surface area contributed by atoms with Crippen LogP contribution in [0.25, 0.3) is 11.8 Å². The number of aromatic nitrogens is 1. The van der Waals surface area contributed by atoms with Crippen molar-refractivity contribution in [1.82, 2.24) is 9.88 Å². The molecular formula is C34H35N3O2S. The van der Waals surface area contributed by atoms with Crippen molar-refractivity contribution in [2.45, 2.75) is 64.7 Å². The van der Waals surface area contributed by atoms with Gasteiger partial charge in [-0.2, -0.15) is 0 Å². The molecule has 4 aliphatic carbocycles. The van der Waals surface area contributed by atoms with Gasteiger partial charge in [0.1, 0.15) is 5.57 Å². The van der Waals surface area contributed by atoms with Gasteiger partial charge < -0.3 is 4.57 Å². The molecule has 4 saturated carbocycles. The summed E-state index contributed by atoms with van der Waals surface area (Å²) in [7, 11) is 0. The van der Waals surface area contributed by atoms with Crippen molar-refractivity contribution < 1.29 is 9.59 Å². The first kappa shape index (κ1) is 25.5. The van der Waals surface area contributed by atoms with Crippen LogP contribution in [0.3, 0.4) is 0 Å². The molecule has 1 saturated heterocycles. The van der Waals surface area contributed by atoms with Gasteiger partial charge in [-0.3, -0.25) is 19.8 Å². The number of rotatable bonds is 4. The predicted octanol–water partition coefficient (Wildman–Crippen LogP) is 6.70. The van der Waals surface area contributed by atoms with Gasteiger partial charge in [-0.05, 0) is 148 Å². The number of carbonyl (C=O) groups excluding carboxylic acids is 2. The van der Waals surface area contributed by atoms with Crippen molar-refractivity contribution in [1.29, 1.82) is 0 Å². The summed E-state index contributed by atoms with van der Waals surface area (Å²) in [5.74, 6) is 1.89. The summed E-state index contributed by atoms with van der Waals surface area (Å²) in [5, 5.41) is 2.80. The maximum absolute atomic E-state index is 13.5. The Balaban J connectivity index is 1.19. The number of nitrogens with zero attached hydrogens (tertiary/aromatic N) is 2. The quantitative estimate of drug-likeness (QED) is 0.224. The molecule has 1 aliphatic heterocycles. The van der Waals surface area contributed by atoms with E-state index in [0.717, 1.165) is 46.0 Å². The van der Waals surface area contributed by atoms with E-state index in [1.807, 2.05) is 44.2 Å². The van der Waals surface area contributed by atoms with E-state index in [4.69, 9.17) is 12.2 Å². The van der Waals surface area contributed by atoms with Crippen molar-refractivity contribution in [2.24, 2.45) is 17.8 Å². The Hall–Kier alpha value is -3.51. The number of carbonyl (C=O) groups is 2. The number of amides is 2. The van der Waals surface area contributed by atoms with E-state index in [-0.39, 0.29) is 10.7 Å². The average Bonchev–Trinajstić information content (AvgIpc) is 3.18. The minimum absolute atomic E-state index is 0.0764. The molecule has 204 valence electrons. The molecule has 5 nitrogen and oxygen atoms in total. The lowest BCUT2D eigenvalue weighted by molar-refractivity contribution is -0.122. The molecule has 1 N–H and O–H groups in total. The number of aryl methyl sites for hydroxylation is 2. The molecule has 8 rings (SSSR count). The predicted molar refractivity (Wildman–Crippen MR) is 162 cm³/mol. The lowest BCUT2D eigenvalue weighted by Gasteiger charge is -2.57. The van der Waals surface area contributed by atoms with E-state index < -0.39 is 11.8 Å². The third kappa shape index (κ3) is 4.07. The summed E-state index contributed by atoms with van der Waals surface area (Å²) in [6.07, 6.45) is 10.1. The first-order chi connectivity index (χ1) is 19.2. The maximum atomic E-state index is 13.5. The summed E-state index contributed by atoms with van der Waals surface area (Å²) >= 11 is 5.37. The Labute approximate surface area is 241 Å². The van der Waals surface area contributed by atoms with Gasteiger partial charge in [0, 0.05) is 17.1 Å². The average molecular weight is 550 g/mol. The molecular weight excluding hydrogens is 514 g/mol. The fourth-order valence-corrected chi connectivity index (χ4v) is 8.85. The number of anilines is 1. The van der Waals surface area contributed by atoms with Crippen molar-refractivity contribution in [3.63, 3.8) is 0 Å². The summed E-state index contributed by atoms with van der Waals surface area (Å²) in [5.41, 5.74) is 7.61. The molecule has 0 radical (unpaired) electrons. The fourth-order valence-electron chi connectivity index (χ4n) is 8.57. The Kier molecular flexibility index (Phi) is 5.90. The lowest BCUT2D eigenvalue weighted by atomic mass is 9.48. The van der Waals surface area contributed by atoms with Crippen LogP contribution in [0.5, 0.6) is 0 Å². The van der Waals surface area contributed by atoms with E-state index in [1.165, 1.54) is 49.0 Å². The molecule has 6 heteroatoms. The van der Waals surface area contributed by atoms with Crippen LogP contribution in [-0.4, -0.2) is 21.5 Å². The first-order valence-electron chi connectivity index (χ1n) is 14.5. The number of nitrogens with one attached hydrogen (secondary N) is 1. The summed E-state index contributed by atoms with van der Waals surface area (Å²) in [6, 6.07) is 18.8. The second kappa shape index (κ2) is 9.27. The smallest absolute Gasteiger partial charge is 0.270 e. The molecule has 40 heavy (non-hydrogen) atoms. The number of benzene rings is 2. The number of hydrogen-bond donors (Lipinski definition) is 1.